The summed E-state index contributed by atoms with van der Waals surface area (Å²) in [5.74, 6) is -0.832. The molecule has 7 nitrogen and oxygen atoms in total. The molecule has 0 radical (unpaired) electrons. The number of sulfonamides is 1. The van der Waals surface area contributed by atoms with Crippen molar-refractivity contribution in [1.82, 2.24) is 4.72 Å². The van der Waals surface area contributed by atoms with Crippen LogP contribution in [0.4, 0.5) is 11.4 Å². The number of fused-ring (bicyclic) bond motifs is 1. The highest BCUT2D eigenvalue weighted by Crippen LogP contribution is 2.34. The highest BCUT2D eigenvalue weighted by molar-refractivity contribution is 7.89. The molecular weight excluding hydrogens is 438 g/mol. The van der Waals surface area contributed by atoms with E-state index >= 15 is 0 Å². The van der Waals surface area contributed by atoms with Crippen LogP contribution < -0.4 is 14.9 Å². The molecule has 0 unspecified atom stereocenters. The predicted molar refractivity (Wildman–Crippen MR) is 122 cm³/mol. The van der Waals surface area contributed by atoms with Crippen LogP contribution in [0.3, 0.4) is 0 Å². The van der Waals surface area contributed by atoms with Gasteiger partial charge in [0.1, 0.15) is 6.04 Å². The summed E-state index contributed by atoms with van der Waals surface area (Å²) in [6, 6.07) is 10.3. The lowest BCUT2D eigenvalue weighted by Crippen LogP contribution is -2.47. The molecule has 2 aromatic rings. The Morgan fingerprint density at radius 1 is 1.13 bits per heavy atom. The number of carbonyl (C=O) groups excluding carboxylic acids is 2. The van der Waals surface area contributed by atoms with Gasteiger partial charge in [0, 0.05) is 29.4 Å². The largest absolute Gasteiger partial charge is 0.325 e. The van der Waals surface area contributed by atoms with E-state index in [0.29, 0.717) is 17.1 Å². The lowest BCUT2D eigenvalue weighted by Gasteiger charge is -2.22. The van der Waals surface area contributed by atoms with Crippen LogP contribution in [0.2, 0.25) is 5.02 Å². The third-order valence-corrected chi connectivity index (χ3v) is 6.95. The zero-order valence-electron chi connectivity index (χ0n) is 17.8. The fourth-order valence-corrected chi connectivity index (χ4v) is 5.26. The van der Waals surface area contributed by atoms with Gasteiger partial charge in [-0.05, 0) is 67.3 Å². The molecule has 0 aromatic heterocycles. The Balaban J connectivity index is 1.82. The van der Waals surface area contributed by atoms with Crippen LogP contribution >= 0.6 is 11.6 Å². The Labute approximate surface area is 187 Å². The SMILES string of the molecule is CC(=O)N1c2ccc(S(=O)(=O)N[C@@H](C(=O)Nc3ccc(Cl)cc3)C(C)C)cc2C[C@@H]1C. The van der Waals surface area contributed by atoms with Gasteiger partial charge in [0.15, 0.2) is 0 Å². The lowest BCUT2D eigenvalue weighted by molar-refractivity contribution is -0.118. The van der Waals surface area contributed by atoms with E-state index < -0.39 is 22.0 Å². The molecule has 2 N–H and O–H groups in total. The number of halogens is 1. The van der Waals surface area contributed by atoms with Gasteiger partial charge in [-0.2, -0.15) is 4.72 Å². The summed E-state index contributed by atoms with van der Waals surface area (Å²) in [4.78, 5) is 26.4. The van der Waals surface area contributed by atoms with E-state index in [9.17, 15) is 18.0 Å². The third-order valence-electron chi connectivity index (χ3n) is 5.26. The van der Waals surface area contributed by atoms with Gasteiger partial charge in [-0.1, -0.05) is 25.4 Å². The maximum Gasteiger partial charge on any atom is 0.242 e. The van der Waals surface area contributed by atoms with Gasteiger partial charge in [-0.3, -0.25) is 9.59 Å². The van der Waals surface area contributed by atoms with Crippen molar-refractivity contribution in [3.05, 3.63) is 53.1 Å². The third kappa shape index (κ3) is 5.08. The molecule has 1 aliphatic rings. The summed E-state index contributed by atoms with van der Waals surface area (Å²) in [5.41, 5.74) is 2.03. The highest BCUT2D eigenvalue weighted by Gasteiger charge is 2.32. The Morgan fingerprint density at radius 3 is 2.35 bits per heavy atom. The number of nitrogens with zero attached hydrogens (tertiary/aromatic N) is 1. The first-order chi connectivity index (χ1) is 14.5. The van der Waals surface area contributed by atoms with Crippen LogP contribution in [0.5, 0.6) is 0 Å². The zero-order valence-corrected chi connectivity index (χ0v) is 19.4. The number of anilines is 2. The maximum atomic E-state index is 13.1. The molecule has 166 valence electrons. The molecule has 1 heterocycles. The van der Waals surface area contributed by atoms with Crippen LogP contribution in [-0.4, -0.2) is 32.3 Å². The van der Waals surface area contributed by atoms with Crippen molar-refractivity contribution >= 4 is 44.8 Å². The number of nitrogens with one attached hydrogen (secondary N) is 2. The molecule has 0 aliphatic carbocycles. The molecule has 9 heteroatoms. The van der Waals surface area contributed by atoms with Gasteiger partial charge < -0.3 is 10.2 Å². The Morgan fingerprint density at radius 2 is 1.77 bits per heavy atom. The number of hydrogen-bond acceptors (Lipinski definition) is 4. The van der Waals surface area contributed by atoms with Gasteiger partial charge in [-0.25, -0.2) is 8.42 Å². The first kappa shape index (κ1) is 23.2. The molecule has 31 heavy (non-hydrogen) atoms. The van der Waals surface area contributed by atoms with E-state index in [1.54, 1.807) is 55.1 Å². The predicted octanol–water partition coefficient (Wildman–Crippen LogP) is 3.58. The fourth-order valence-electron chi connectivity index (χ4n) is 3.74. The number of hydrogen-bond donors (Lipinski definition) is 2. The molecule has 0 saturated heterocycles. The van der Waals surface area contributed by atoms with E-state index in [4.69, 9.17) is 11.6 Å². The maximum absolute atomic E-state index is 13.1. The molecule has 0 bridgehead atoms. The molecule has 2 amide bonds. The van der Waals surface area contributed by atoms with E-state index in [1.807, 2.05) is 6.92 Å². The summed E-state index contributed by atoms with van der Waals surface area (Å²) in [6.45, 7) is 6.95. The average molecular weight is 464 g/mol. The van der Waals surface area contributed by atoms with Crippen molar-refractivity contribution in [2.45, 2.75) is 51.1 Å². The van der Waals surface area contributed by atoms with E-state index in [-0.39, 0.29) is 22.8 Å². The smallest absolute Gasteiger partial charge is 0.242 e. The molecular formula is C22H26ClN3O4S. The minimum Gasteiger partial charge on any atom is -0.325 e. The van der Waals surface area contributed by atoms with E-state index in [1.165, 1.54) is 13.0 Å². The molecule has 2 aromatic carbocycles. The summed E-state index contributed by atoms with van der Waals surface area (Å²) in [5, 5.41) is 3.26. The van der Waals surface area contributed by atoms with Crippen LogP contribution in [0.1, 0.15) is 33.3 Å². The van der Waals surface area contributed by atoms with Crippen molar-refractivity contribution in [2.75, 3.05) is 10.2 Å². The number of rotatable bonds is 6. The minimum absolute atomic E-state index is 0.0352. The van der Waals surface area contributed by atoms with Crippen LogP contribution in [-0.2, 0) is 26.0 Å². The molecule has 0 fully saturated rings. The summed E-state index contributed by atoms with van der Waals surface area (Å²) >= 11 is 5.87. The number of amides is 2. The van der Waals surface area contributed by atoms with Gasteiger partial charge in [0.05, 0.1) is 4.90 Å². The number of carbonyl (C=O) groups is 2. The van der Waals surface area contributed by atoms with Crippen molar-refractivity contribution in [3.63, 3.8) is 0 Å². The van der Waals surface area contributed by atoms with E-state index in [0.717, 1.165) is 11.3 Å². The van der Waals surface area contributed by atoms with Crippen LogP contribution in [0.25, 0.3) is 0 Å². The van der Waals surface area contributed by atoms with Crippen molar-refractivity contribution in [2.24, 2.45) is 5.92 Å². The van der Waals surface area contributed by atoms with Gasteiger partial charge in [-0.15, -0.1) is 0 Å². The molecule has 0 spiro atoms. The topological polar surface area (TPSA) is 95.6 Å². The second kappa shape index (κ2) is 8.98. The zero-order chi connectivity index (χ0) is 22.9. The highest BCUT2D eigenvalue weighted by atomic mass is 35.5. The summed E-state index contributed by atoms with van der Waals surface area (Å²) in [6.07, 6.45) is 0.572. The van der Waals surface area contributed by atoms with Gasteiger partial charge in [0.2, 0.25) is 21.8 Å². The van der Waals surface area contributed by atoms with Crippen molar-refractivity contribution < 1.29 is 18.0 Å². The standard InChI is InChI=1S/C22H26ClN3O4S/c1-13(2)21(22(28)24-18-7-5-17(23)6-8-18)25-31(29,30)19-9-10-20-16(12-19)11-14(3)26(20)15(4)27/h5-10,12-14,21,25H,11H2,1-4H3,(H,24,28)/t14-,21+/m0/s1. The second-order valence-corrected chi connectivity index (χ2v) is 10.2. The quantitative estimate of drug-likeness (QED) is 0.684. The summed E-state index contributed by atoms with van der Waals surface area (Å²) < 4.78 is 28.6. The fraction of sp³-hybridized carbons (Fsp3) is 0.364. The summed E-state index contributed by atoms with van der Waals surface area (Å²) in [7, 11) is -3.96. The van der Waals surface area contributed by atoms with Crippen molar-refractivity contribution in [1.29, 1.82) is 0 Å². The molecule has 3 rings (SSSR count). The average Bonchev–Trinajstić information content (AvgIpc) is 3.02. The lowest BCUT2D eigenvalue weighted by atomic mass is 10.0. The van der Waals surface area contributed by atoms with Crippen molar-refractivity contribution in [3.8, 4) is 0 Å². The minimum atomic E-state index is -3.96. The first-order valence-corrected chi connectivity index (χ1v) is 11.9. The van der Waals surface area contributed by atoms with Crippen LogP contribution in [0.15, 0.2) is 47.4 Å². The molecule has 1 aliphatic heterocycles. The monoisotopic (exact) mass is 463 g/mol. The Bertz CT molecular complexity index is 1100. The first-order valence-electron chi connectivity index (χ1n) is 10.0. The Kier molecular flexibility index (Phi) is 6.73. The van der Waals surface area contributed by atoms with Gasteiger partial charge >= 0.3 is 0 Å². The van der Waals surface area contributed by atoms with Crippen LogP contribution in [0, 0.1) is 5.92 Å². The second-order valence-electron chi connectivity index (χ2n) is 8.07. The molecule has 2 atom stereocenters. The number of benzene rings is 2. The van der Waals surface area contributed by atoms with Gasteiger partial charge in [0.25, 0.3) is 0 Å². The Hall–Kier alpha value is -2.42. The normalized spacial score (nSPS) is 16.8. The molecule has 0 saturated carbocycles. The van der Waals surface area contributed by atoms with E-state index in [2.05, 4.69) is 10.0 Å².